The number of nitrogens with zero attached hydrogens (tertiary/aromatic N) is 1. The summed E-state index contributed by atoms with van der Waals surface area (Å²) in [6, 6.07) is 0. The van der Waals surface area contributed by atoms with Crippen LogP contribution in [0.4, 0.5) is 0 Å². The fourth-order valence-corrected chi connectivity index (χ4v) is 2.71. The minimum Gasteiger partial charge on any atom is -0.249 e. The highest BCUT2D eigenvalue weighted by Gasteiger charge is 1.99. The smallest absolute Gasteiger partial charge is 0.103 e. The van der Waals surface area contributed by atoms with Gasteiger partial charge in [0.1, 0.15) is 5.01 Å². The van der Waals surface area contributed by atoms with Crippen molar-refractivity contribution in [2.75, 3.05) is 5.75 Å². The molecule has 0 saturated carbocycles. The van der Waals surface area contributed by atoms with Crippen molar-refractivity contribution in [3.05, 3.63) is 16.1 Å². The van der Waals surface area contributed by atoms with Crippen LogP contribution in [0.5, 0.6) is 0 Å². The SMILES string of the molecule is CCCSCc1ncc(CC)s1. The van der Waals surface area contributed by atoms with Gasteiger partial charge in [-0.05, 0) is 18.6 Å². The van der Waals surface area contributed by atoms with Gasteiger partial charge in [-0.2, -0.15) is 11.8 Å². The lowest BCUT2D eigenvalue weighted by atomic mass is 10.4. The number of rotatable bonds is 5. The first-order chi connectivity index (χ1) is 5.86. The van der Waals surface area contributed by atoms with Crippen LogP contribution in [-0.4, -0.2) is 10.7 Å². The fraction of sp³-hybridized carbons (Fsp3) is 0.667. The van der Waals surface area contributed by atoms with E-state index in [1.165, 1.54) is 22.1 Å². The molecule has 0 spiro atoms. The van der Waals surface area contributed by atoms with Gasteiger partial charge in [-0.25, -0.2) is 4.98 Å². The Bertz CT molecular complexity index is 220. The number of aryl methyl sites for hydroxylation is 1. The summed E-state index contributed by atoms with van der Waals surface area (Å²) in [6.45, 7) is 4.39. The maximum atomic E-state index is 4.36. The Hall–Kier alpha value is -0.0200. The first-order valence-corrected chi connectivity index (χ1v) is 6.35. The minimum atomic E-state index is 1.10. The predicted octanol–water partition coefficient (Wildman–Crippen LogP) is 3.35. The Morgan fingerprint density at radius 1 is 1.50 bits per heavy atom. The van der Waals surface area contributed by atoms with Crippen molar-refractivity contribution in [3.63, 3.8) is 0 Å². The van der Waals surface area contributed by atoms with Crippen molar-refractivity contribution in [1.29, 1.82) is 0 Å². The first-order valence-electron chi connectivity index (χ1n) is 4.38. The molecule has 0 bridgehead atoms. The van der Waals surface area contributed by atoms with Crippen molar-refractivity contribution in [1.82, 2.24) is 4.98 Å². The van der Waals surface area contributed by atoms with E-state index in [0.29, 0.717) is 0 Å². The van der Waals surface area contributed by atoms with Crippen LogP contribution in [-0.2, 0) is 12.2 Å². The minimum absolute atomic E-state index is 1.10. The van der Waals surface area contributed by atoms with Crippen molar-refractivity contribution >= 4 is 23.1 Å². The van der Waals surface area contributed by atoms with E-state index in [0.717, 1.165) is 12.2 Å². The summed E-state index contributed by atoms with van der Waals surface area (Å²) in [6.07, 6.45) is 4.39. The van der Waals surface area contributed by atoms with E-state index >= 15 is 0 Å². The molecule has 0 aliphatic carbocycles. The lowest BCUT2D eigenvalue weighted by Gasteiger charge is -1.93. The largest absolute Gasteiger partial charge is 0.249 e. The molecule has 0 aromatic carbocycles. The van der Waals surface area contributed by atoms with E-state index in [2.05, 4.69) is 18.8 Å². The summed E-state index contributed by atoms with van der Waals surface area (Å²) in [5, 5.41) is 1.28. The normalized spacial score (nSPS) is 10.5. The van der Waals surface area contributed by atoms with Gasteiger partial charge in [0.25, 0.3) is 0 Å². The molecule has 1 heterocycles. The van der Waals surface area contributed by atoms with Crippen molar-refractivity contribution in [2.45, 2.75) is 32.4 Å². The van der Waals surface area contributed by atoms with E-state index in [9.17, 15) is 0 Å². The fourth-order valence-electron chi connectivity index (χ4n) is 0.882. The van der Waals surface area contributed by atoms with E-state index in [-0.39, 0.29) is 0 Å². The van der Waals surface area contributed by atoms with Crippen LogP contribution in [0.3, 0.4) is 0 Å². The molecular formula is C9H15NS2. The Labute approximate surface area is 82.6 Å². The van der Waals surface area contributed by atoms with Crippen LogP contribution in [0.15, 0.2) is 6.20 Å². The summed E-state index contributed by atoms with van der Waals surface area (Å²) in [5.41, 5.74) is 0. The molecule has 0 N–H and O–H groups in total. The van der Waals surface area contributed by atoms with Crippen LogP contribution < -0.4 is 0 Å². The number of hydrogen-bond donors (Lipinski definition) is 0. The van der Waals surface area contributed by atoms with E-state index in [1.807, 2.05) is 29.3 Å². The average Bonchev–Trinajstić information content (AvgIpc) is 2.53. The molecule has 12 heavy (non-hydrogen) atoms. The summed E-state index contributed by atoms with van der Waals surface area (Å²) in [4.78, 5) is 5.76. The van der Waals surface area contributed by atoms with Gasteiger partial charge in [0.05, 0.1) is 0 Å². The molecule has 0 radical (unpaired) electrons. The van der Waals surface area contributed by atoms with Crippen LogP contribution in [0.25, 0.3) is 0 Å². The molecule has 1 aromatic heterocycles. The van der Waals surface area contributed by atoms with E-state index < -0.39 is 0 Å². The lowest BCUT2D eigenvalue weighted by Crippen LogP contribution is -1.78. The summed E-state index contributed by atoms with van der Waals surface area (Å²) in [5.74, 6) is 2.35. The predicted molar refractivity (Wildman–Crippen MR) is 57.9 cm³/mol. The zero-order valence-corrected chi connectivity index (χ0v) is 9.30. The second kappa shape index (κ2) is 5.60. The molecule has 0 atom stereocenters. The monoisotopic (exact) mass is 201 g/mol. The summed E-state index contributed by atoms with van der Waals surface area (Å²) < 4.78 is 0. The van der Waals surface area contributed by atoms with Crippen molar-refractivity contribution in [3.8, 4) is 0 Å². The Kier molecular flexibility index (Phi) is 4.69. The molecule has 3 heteroatoms. The van der Waals surface area contributed by atoms with Crippen LogP contribution >= 0.6 is 23.1 Å². The number of thiazole rings is 1. The van der Waals surface area contributed by atoms with E-state index in [1.54, 1.807) is 0 Å². The molecule has 1 aromatic rings. The van der Waals surface area contributed by atoms with Gasteiger partial charge in [0.15, 0.2) is 0 Å². The zero-order chi connectivity index (χ0) is 8.81. The quantitative estimate of drug-likeness (QED) is 0.678. The number of thioether (sulfide) groups is 1. The Morgan fingerprint density at radius 2 is 2.33 bits per heavy atom. The topological polar surface area (TPSA) is 12.9 Å². The van der Waals surface area contributed by atoms with Gasteiger partial charge >= 0.3 is 0 Å². The Morgan fingerprint density at radius 3 is 2.92 bits per heavy atom. The average molecular weight is 201 g/mol. The van der Waals surface area contributed by atoms with Gasteiger partial charge in [0, 0.05) is 16.8 Å². The third-order valence-corrected chi connectivity index (χ3v) is 4.02. The van der Waals surface area contributed by atoms with Gasteiger partial charge < -0.3 is 0 Å². The van der Waals surface area contributed by atoms with Crippen LogP contribution in [0, 0.1) is 0 Å². The molecule has 1 rings (SSSR count). The molecule has 0 fully saturated rings. The zero-order valence-electron chi connectivity index (χ0n) is 7.67. The van der Waals surface area contributed by atoms with E-state index in [4.69, 9.17) is 0 Å². The van der Waals surface area contributed by atoms with Crippen LogP contribution in [0.2, 0.25) is 0 Å². The lowest BCUT2D eigenvalue weighted by molar-refractivity contribution is 1.10. The molecule has 0 saturated heterocycles. The highest BCUT2D eigenvalue weighted by atomic mass is 32.2. The van der Waals surface area contributed by atoms with Crippen LogP contribution in [0.1, 0.15) is 30.2 Å². The maximum Gasteiger partial charge on any atom is 0.103 e. The summed E-state index contributed by atoms with van der Waals surface area (Å²) >= 11 is 3.83. The number of aromatic nitrogens is 1. The molecule has 0 aliphatic heterocycles. The first kappa shape index (κ1) is 10.1. The van der Waals surface area contributed by atoms with Gasteiger partial charge in [-0.1, -0.05) is 13.8 Å². The molecule has 1 nitrogen and oxygen atoms in total. The molecule has 0 aliphatic rings. The Balaban J connectivity index is 2.31. The molecule has 0 amide bonds. The maximum absolute atomic E-state index is 4.36. The van der Waals surface area contributed by atoms with Gasteiger partial charge in [0.2, 0.25) is 0 Å². The van der Waals surface area contributed by atoms with Crippen molar-refractivity contribution in [2.24, 2.45) is 0 Å². The van der Waals surface area contributed by atoms with Crippen molar-refractivity contribution < 1.29 is 0 Å². The molecule has 0 unspecified atom stereocenters. The molecular weight excluding hydrogens is 186 g/mol. The van der Waals surface area contributed by atoms with Gasteiger partial charge in [-0.3, -0.25) is 0 Å². The molecule has 68 valence electrons. The summed E-state index contributed by atoms with van der Waals surface area (Å²) in [7, 11) is 0. The number of hydrogen-bond acceptors (Lipinski definition) is 3. The highest BCUT2D eigenvalue weighted by Crippen LogP contribution is 2.19. The second-order valence-corrected chi connectivity index (χ2v) is 4.93. The standard InChI is InChI=1S/C9H15NS2/c1-3-5-11-7-9-10-6-8(4-2)12-9/h6H,3-5,7H2,1-2H3. The third-order valence-electron chi connectivity index (χ3n) is 1.52. The third kappa shape index (κ3) is 3.15. The van der Waals surface area contributed by atoms with Gasteiger partial charge in [-0.15, -0.1) is 11.3 Å². The highest BCUT2D eigenvalue weighted by molar-refractivity contribution is 7.98. The second-order valence-electron chi connectivity index (χ2n) is 2.63.